The fraction of sp³-hybridized carbons (Fsp3) is 0.0769. The van der Waals surface area contributed by atoms with Crippen LogP contribution in [-0.2, 0) is 10.0 Å². The molecule has 3 N–H and O–H groups in total. The minimum absolute atomic E-state index is 0.0854. The average Bonchev–Trinajstić information content (AvgIpc) is 2.31. The number of nitrogens with two attached hydrogens (primary N) is 1. The Labute approximate surface area is 119 Å². The SMILES string of the molecule is Cc1cc(F)c(S(=O)(=O)Nc2cc(F)cc(F)c2)cc1N. The number of hydrogen-bond donors (Lipinski definition) is 2. The highest BCUT2D eigenvalue weighted by molar-refractivity contribution is 7.92. The second kappa shape index (κ2) is 5.28. The lowest BCUT2D eigenvalue weighted by Gasteiger charge is -2.11. The summed E-state index contributed by atoms with van der Waals surface area (Å²) < 4.78 is 65.8. The first-order valence-electron chi connectivity index (χ1n) is 5.73. The molecule has 0 atom stereocenters. The van der Waals surface area contributed by atoms with Gasteiger partial charge < -0.3 is 5.73 Å². The van der Waals surface area contributed by atoms with E-state index in [1.54, 1.807) is 0 Å². The van der Waals surface area contributed by atoms with Crippen LogP contribution in [0, 0.1) is 24.4 Å². The van der Waals surface area contributed by atoms with E-state index in [2.05, 4.69) is 0 Å². The van der Waals surface area contributed by atoms with Crippen LogP contribution in [0.15, 0.2) is 35.2 Å². The standard InChI is InChI=1S/C13H11F3N2O2S/c1-7-2-11(16)13(6-12(7)17)21(19,20)18-10-4-8(14)3-9(15)5-10/h2-6,18H,17H2,1H3. The van der Waals surface area contributed by atoms with Crippen LogP contribution in [0.1, 0.15) is 5.56 Å². The summed E-state index contributed by atoms with van der Waals surface area (Å²) >= 11 is 0. The van der Waals surface area contributed by atoms with Gasteiger partial charge >= 0.3 is 0 Å². The highest BCUT2D eigenvalue weighted by atomic mass is 32.2. The van der Waals surface area contributed by atoms with E-state index in [-0.39, 0.29) is 11.4 Å². The van der Waals surface area contributed by atoms with Gasteiger partial charge in [0.25, 0.3) is 10.0 Å². The summed E-state index contributed by atoms with van der Waals surface area (Å²) in [5.41, 5.74) is 5.66. The summed E-state index contributed by atoms with van der Waals surface area (Å²) in [6.07, 6.45) is 0. The first-order valence-corrected chi connectivity index (χ1v) is 7.22. The maximum Gasteiger partial charge on any atom is 0.264 e. The highest BCUT2D eigenvalue weighted by Gasteiger charge is 2.21. The molecule has 0 saturated heterocycles. The number of sulfonamides is 1. The molecule has 0 heterocycles. The molecule has 21 heavy (non-hydrogen) atoms. The monoisotopic (exact) mass is 316 g/mol. The first kappa shape index (κ1) is 15.2. The Morgan fingerprint density at radius 3 is 2.14 bits per heavy atom. The molecule has 0 aliphatic rings. The van der Waals surface area contributed by atoms with Gasteiger partial charge in [-0.1, -0.05) is 0 Å². The van der Waals surface area contributed by atoms with Gasteiger partial charge in [0.15, 0.2) is 0 Å². The lowest BCUT2D eigenvalue weighted by Crippen LogP contribution is -2.15. The zero-order chi connectivity index (χ0) is 15.8. The summed E-state index contributed by atoms with van der Waals surface area (Å²) in [4.78, 5) is -0.699. The van der Waals surface area contributed by atoms with E-state index < -0.39 is 32.4 Å². The quantitative estimate of drug-likeness (QED) is 0.855. The van der Waals surface area contributed by atoms with E-state index in [1.165, 1.54) is 6.92 Å². The lowest BCUT2D eigenvalue weighted by molar-refractivity contribution is 0.569. The predicted molar refractivity (Wildman–Crippen MR) is 72.7 cm³/mol. The van der Waals surface area contributed by atoms with Crippen molar-refractivity contribution in [3.8, 4) is 0 Å². The molecule has 0 fully saturated rings. The number of aryl methyl sites for hydroxylation is 1. The first-order chi connectivity index (χ1) is 9.69. The highest BCUT2D eigenvalue weighted by Crippen LogP contribution is 2.24. The zero-order valence-electron chi connectivity index (χ0n) is 10.8. The Bertz CT molecular complexity index is 787. The molecule has 0 radical (unpaired) electrons. The molecule has 0 saturated carbocycles. The van der Waals surface area contributed by atoms with Crippen LogP contribution < -0.4 is 10.5 Å². The number of nitrogen functional groups attached to an aromatic ring is 1. The summed E-state index contributed by atoms with van der Waals surface area (Å²) in [6.45, 7) is 1.52. The third kappa shape index (κ3) is 3.27. The summed E-state index contributed by atoms with van der Waals surface area (Å²) in [5.74, 6) is -2.93. The van der Waals surface area contributed by atoms with E-state index >= 15 is 0 Å². The molecule has 2 aromatic rings. The van der Waals surface area contributed by atoms with Crippen LogP contribution in [0.3, 0.4) is 0 Å². The molecular weight excluding hydrogens is 305 g/mol. The molecule has 2 rings (SSSR count). The van der Waals surface area contributed by atoms with Gasteiger partial charge in [0.05, 0.1) is 5.69 Å². The van der Waals surface area contributed by atoms with Gasteiger partial charge in [0.1, 0.15) is 22.3 Å². The molecule has 0 bridgehead atoms. The summed E-state index contributed by atoms with van der Waals surface area (Å²) in [6, 6.07) is 4.05. The Hall–Kier alpha value is -2.22. The smallest absolute Gasteiger partial charge is 0.264 e. The number of anilines is 2. The van der Waals surface area contributed by atoms with Gasteiger partial charge in [0.2, 0.25) is 0 Å². The maximum atomic E-state index is 13.8. The van der Waals surface area contributed by atoms with Crippen LogP contribution >= 0.6 is 0 Å². The minimum atomic E-state index is -4.36. The molecule has 2 aromatic carbocycles. The van der Waals surface area contributed by atoms with Crippen molar-refractivity contribution in [2.45, 2.75) is 11.8 Å². The Balaban J connectivity index is 2.45. The van der Waals surface area contributed by atoms with Crippen LogP contribution in [0.4, 0.5) is 24.5 Å². The van der Waals surface area contributed by atoms with Crippen LogP contribution in [0.25, 0.3) is 0 Å². The van der Waals surface area contributed by atoms with Gasteiger partial charge in [-0.05, 0) is 36.8 Å². The largest absolute Gasteiger partial charge is 0.398 e. The van der Waals surface area contributed by atoms with E-state index in [9.17, 15) is 21.6 Å². The van der Waals surface area contributed by atoms with Crippen molar-refractivity contribution in [3.63, 3.8) is 0 Å². The van der Waals surface area contributed by atoms with Gasteiger partial charge in [-0.15, -0.1) is 0 Å². The second-order valence-corrected chi connectivity index (χ2v) is 6.05. The maximum absolute atomic E-state index is 13.8. The molecule has 0 spiro atoms. The van der Waals surface area contributed by atoms with Crippen LogP contribution in [-0.4, -0.2) is 8.42 Å². The third-order valence-corrected chi connectivity index (χ3v) is 4.12. The molecule has 0 unspecified atom stereocenters. The van der Waals surface area contributed by atoms with Crippen molar-refractivity contribution in [2.24, 2.45) is 0 Å². The van der Waals surface area contributed by atoms with Crippen molar-refractivity contribution >= 4 is 21.4 Å². The summed E-state index contributed by atoms with van der Waals surface area (Å²) in [7, 11) is -4.36. The predicted octanol–water partition coefficient (Wildman–Crippen LogP) is 2.80. The van der Waals surface area contributed by atoms with Crippen molar-refractivity contribution in [2.75, 3.05) is 10.5 Å². The molecule has 0 aliphatic carbocycles. The second-order valence-electron chi connectivity index (χ2n) is 4.40. The zero-order valence-corrected chi connectivity index (χ0v) is 11.6. The Morgan fingerprint density at radius 2 is 1.57 bits per heavy atom. The van der Waals surface area contributed by atoms with E-state index in [0.29, 0.717) is 11.6 Å². The number of benzene rings is 2. The molecule has 112 valence electrons. The van der Waals surface area contributed by atoms with E-state index in [1.807, 2.05) is 4.72 Å². The minimum Gasteiger partial charge on any atom is -0.398 e. The Morgan fingerprint density at radius 1 is 1.00 bits per heavy atom. The molecule has 8 heteroatoms. The molecular formula is C13H11F3N2O2S. The molecule has 4 nitrogen and oxygen atoms in total. The number of halogens is 3. The van der Waals surface area contributed by atoms with E-state index in [4.69, 9.17) is 5.73 Å². The fourth-order valence-electron chi connectivity index (χ4n) is 1.70. The number of hydrogen-bond acceptors (Lipinski definition) is 3. The number of nitrogens with one attached hydrogen (secondary N) is 1. The molecule has 0 aliphatic heterocycles. The van der Waals surface area contributed by atoms with Crippen LogP contribution in [0.2, 0.25) is 0 Å². The average molecular weight is 316 g/mol. The number of rotatable bonds is 3. The molecule has 0 amide bonds. The van der Waals surface area contributed by atoms with Crippen molar-refractivity contribution in [3.05, 3.63) is 53.3 Å². The van der Waals surface area contributed by atoms with Gasteiger partial charge in [0, 0.05) is 11.8 Å². The lowest BCUT2D eigenvalue weighted by atomic mass is 10.2. The fourth-order valence-corrected chi connectivity index (χ4v) is 2.83. The van der Waals surface area contributed by atoms with Crippen molar-refractivity contribution in [1.82, 2.24) is 0 Å². The topological polar surface area (TPSA) is 72.2 Å². The van der Waals surface area contributed by atoms with Crippen LogP contribution in [0.5, 0.6) is 0 Å². The van der Waals surface area contributed by atoms with Gasteiger partial charge in [-0.25, -0.2) is 21.6 Å². The third-order valence-electron chi connectivity index (χ3n) is 2.72. The van der Waals surface area contributed by atoms with Crippen molar-refractivity contribution < 1.29 is 21.6 Å². The van der Waals surface area contributed by atoms with Gasteiger partial charge in [-0.3, -0.25) is 4.72 Å². The van der Waals surface area contributed by atoms with Crippen molar-refractivity contribution in [1.29, 1.82) is 0 Å². The van der Waals surface area contributed by atoms with E-state index in [0.717, 1.165) is 24.3 Å². The Kier molecular flexibility index (Phi) is 3.82. The molecule has 0 aromatic heterocycles. The van der Waals surface area contributed by atoms with Gasteiger partial charge in [-0.2, -0.15) is 0 Å². The summed E-state index contributed by atoms with van der Waals surface area (Å²) in [5, 5.41) is 0. The normalized spacial score (nSPS) is 11.4.